The standard InChI is InChI=1S/C24H37N3O6S2/c1-16(2)15-21(26-35(32,33)19-7-5-17(3)6-8-19)23(29)27-12-9-18(10-13-27)22(28)25-20(24(30)31)11-14-34-4/h5-8,16,18,20-21,26H,9-15H2,1-4H3,(H,25,28)(H,30,31)/t20-,21-/m0/s1. The van der Waals surface area contributed by atoms with Crippen LogP contribution in [0.2, 0.25) is 0 Å². The first kappa shape index (κ1) is 29.1. The van der Waals surface area contributed by atoms with Gasteiger partial charge in [0.05, 0.1) is 4.90 Å². The van der Waals surface area contributed by atoms with E-state index in [0.717, 1.165) is 5.56 Å². The molecule has 1 heterocycles. The van der Waals surface area contributed by atoms with Crippen LogP contribution in [0, 0.1) is 18.8 Å². The van der Waals surface area contributed by atoms with Gasteiger partial charge in [-0.05, 0) is 62.7 Å². The normalized spacial score (nSPS) is 16.7. The summed E-state index contributed by atoms with van der Waals surface area (Å²) in [4.78, 5) is 39.0. The maximum Gasteiger partial charge on any atom is 0.326 e. The van der Waals surface area contributed by atoms with Crippen molar-refractivity contribution in [2.45, 2.75) is 63.4 Å². The van der Waals surface area contributed by atoms with Crippen molar-refractivity contribution in [3.8, 4) is 0 Å². The van der Waals surface area contributed by atoms with Crippen LogP contribution in [0.25, 0.3) is 0 Å². The number of amides is 2. The summed E-state index contributed by atoms with van der Waals surface area (Å²) in [5.41, 5.74) is 0.935. The van der Waals surface area contributed by atoms with Crippen LogP contribution < -0.4 is 10.0 Å². The van der Waals surface area contributed by atoms with Crippen molar-refractivity contribution < 1.29 is 27.9 Å². The van der Waals surface area contributed by atoms with Crippen molar-refractivity contribution in [3.63, 3.8) is 0 Å². The van der Waals surface area contributed by atoms with Crippen LogP contribution in [0.4, 0.5) is 0 Å². The second kappa shape index (κ2) is 13.3. The number of carboxylic acids is 1. The third-order valence-electron chi connectivity index (χ3n) is 6.04. The molecular formula is C24H37N3O6S2. The maximum atomic E-state index is 13.3. The Hall–Kier alpha value is -2.11. The van der Waals surface area contributed by atoms with E-state index in [2.05, 4.69) is 10.0 Å². The van der Waals surface area contributed by atoms with E-state index in [0.29, 0.717) is 44.5 Å². The van der Waals surface area contributed by atoms with E-state index in [4.69, 9.17) is 0 Å². The number of carboxylic acid groups (broad SMARTS) is 1. The second-order valence-electron chi connectivity index (χ2n) is 9.40. The zero-order valence-electron chi connectivity index (χ0n) is 20.8. The van der Waals surface area contributed by atoms with Gasteiger partial charge in [0, 0.05) is 19.0 Å². The maximum absolute atomic E-state index is 13.3. The summed E-state index contributed by atoms with van der Waals surface area (Å²) in [6, 6.07) is 4.61. The molecule has 1 saturated heterocycles. The SMILES string of the molecule is CSCC[C@H](NC(=O)C1CCN(C(=O)[C@H](CC(C)C)NS(=O)(=O)c2ccc(C)cc2)CC1)C(=O)O. The number of hydrogen-bond acceptors (Lipinski definition) is 6. The van der Waals surface area contributed by atoms with Crippen molar-refractivity contribution in [3.05, 3.63) is 29.8 Å². The Morgan fingerprint density at radius 1 is 1.11 bits per heavy atom. The van der Waals surface area contributed by atoms with E-state index in [1.54, 1.807) is 17.0 Å². The number of benzene rings is 1. The van der Waals surface area contributed by atoms with Gasteiger partial charge in [-0.15, -0.1) is 0 Å². The first-order chi connectivity index (χ1) is 16.4. The van der Waals surface area contributed by atoms with Crippen LogP contribution in [0.1, 0.15) is 45.1 Å². The number of hydrogen-bond donors (Lipinski definition) is 3. The Labute approximate surface area is 212 Å². The van der Waals surface area contributed by atoms with E-state index in [1.807, 2.05) is 27.0 Å². The Kier molecular flexibility index (Phi) is 11.0. The molecule has 2 amide bonds. The third-order valence-corrected chi connectivity index (χ3v) is 8.17. The van der Waals surface area contributed by atoms with Gasteiger partial charge in [-0.1, -0.05) is 31.5 Å². The molecule has 0 radical (unpaired) electrons. The highest BCUT2D eigenvalue weighted by molar-refractivity contribution is 7.98. The molecule has 0 aliphatic carbocycles. The topological polar surface area (TPSA) is 133 Å². The fraction of sp³-hybridized carbons (Fsp3) is 0.625. The largest absolute Gasteiger partial charge is 0.480 e. The molecule has 196 valence electrons. The molecule has 0 unspecified atom stereocenters. The van der Waals surface area contributed by atoms with E-state index < -0.39 is 28.1 Å². The fourth-order valence-electron chi connectivity index (χ4n) is 4.01. The highest BCUT2D eigenvalue weighted by Crippen LogP contribution is 2.21. The number of aryl methyl sites for hydroxylation is 1. The summed E-state index contributed by atoms with van der Waals surface area (Å²) in [7, 11) is -3.88. The van der Waals surface area contributed by atoms with Crippen LogP contribution in [0.15, 0.2) is 29.2 Å². The molecule has 0 aromatic heterocycles. The van der Waals surface area contributed by atoms with Gasteiger partial charge >= 0.3 is 5.97 Å². The van der Waals surface area contributed by atoms with Gasteiger partial charge in [-0.3, -0.25) is 9.59 Å². The number of sulfonamides is 1. The van der Waals surface area contributed by atoms with Crippen molar-refractivity contribution in [2.24, 2.45) is 11.8 Å². The van der Waals surface area contributed by atoms with Crippen molar-refractivity contribution in [1.29, 1.82) is 0 Å². The number of carbonyl (C=O) groups excluding carboxylic acids is 2. The minimum absolute atomic E-state index is 0.0854. The first-order valence-electron chi connectivity index (χ1n) is 11.8. The van der Waals surface area contributed by atoms with Gasteiger partial charge in [0.25, 0.3) is 0 Å². The van der Waals surface area contributed by atoms with Crippen LogP contribution in [-0.4, -0.2) is 73.4 Å². The minimum atomic E-state index is -3.88. The summed E-state index contributed by atoms with van der Waals surface area (Å²) in [6.45, 7) is 6.32. The van der Waals surface area contributed by atoms with E-state index in [1.165, 1.54) is 23.9 Å². The Bertz CT molecular complexity index is 973. The summed E-state index contributed by atoms with van der Waals surface area (Å²) < 4.78 is 28.4. The molecule has 2 rings (SSSR count). The molecule has 11 heteroatoms. The molecule has 1 aliphatic rings. The minimum Gasteiger partial charge on any atom is -0.480 e. The third kappa shape index (κ3) is 8.80. The lowest BCUT2D eigenvalue weighted by Crippen LogP contribution is -2.52. The lowest BCUT2D eigenvalue weighted by molar-refractivity contribution is -0.143. The number of carbonyl (C=O) groups is 3. The molecule has 2 atom stereocenters. The van der Waals surface area contributed by atoms with E-state index in [9.17, 15) is 27.9 Å². The number of nitrogens with zero attached hydrogens (tertiary/aromatic N) is 1. The van der Waals surface area contributed by atoms with Crippen LogP contribution >= 0.6 is 11.8 Å². The lowest BCUT2D eigenvalue weighted by Gasteiger charge is -2.34. The second-order valence-corrected chi connectivity index (χ2v) is 12.1. The molecular weight excluding hydrogens is 490 g/mol. The summed E-state index contributed by atoms with van der Waals surface area (Å²) >= 11 is 1.52. The van der Waals surface area contributed by atoms with Crippen molar-refractivity contribution >= 4 is 39.6 Å². The smallest absolute Gasteiger partial charge is 0.326 e. The number of likely N-dealkylation sites (tertiary alicyclic amines) is 1. The lowest BCUT2D eigenvalue weighted by atomic mass is 9.94. The zero-order chi connectivity index (χ0) is 26.2. The van der Waals surface area contributed by atoms with Gasteiger partial charge in [-0.25, -0.2) is 13.2 Å². The summed E-state index contributed by atoms with van der Waals surface area (Å²) in [5, 5.41) is 12.0. The average Bonchev–Trinajstić information content (AvgIpc) is 2.80. The van der Waals surface area contributed by atoms with Crippen LogP contribution in [-0.2, 0) is 24.4 Å². The summed E-state index contributed by atoms with van der Waals surface area (Å²) in [6.07, 6.45) is 3.36. The van der Waals surface area contributed by atoms with E-state index in [-0.39, 0.29) is 28.5 Å². The molecule has 1 fully saturated rings. The Morgan fingerprint density at radius 3 is 2.23 bits per heavy atom. The molecule has 35 heavy (non-hydrogen) atoms. The van der Waals surface area contributed by atoms with Crippen LogP contribution in [0.5, 0.6) is 0 Å². The van der Waals surface area contributed by atoms with Crippen molar-refractivity contribution in [1.82, 2.24) is 14.9 Å². The fourth-order valence-corrected chi connectivity index (χ4v) is 5.68. The van der Waals surface area contributed by atoms with Gasteiger partial charge in [-0.2, -0.15) is 16.5 Å². The van der Waals surface area contributed by atoms with Crippen LogP contribution in [0.3, 0.4) is 0 Å². The number of nitrogens with one attached hydrogen (secondary N) is 2. The molecule has 3 N–H and O–H groups in total. The van der Waals surface area contributed by atoms with Gasteiger partial charge in [0.1, 0.15) is 12.1 Å². The number of rotatable bonds is 12. The molecule has 1 aromatic rings. The monoisotopic (exact) mass is 527 g/mol. The highest BCUT2D eigenvalue weighted by atomic mass is 32.2. The molecule has 1 aliphatic heterocycles. The molecule has 1 aromatic carbocycles. The Balaban J connectivity index is 2.02. The van der Waals surface area contributed by atoms with Gasteiger partial charge in [0.2, 0.25) is 21.8 Å². The van der Waals surface area contributed by atoms with E-state index >= 15 is 0 Å². The number of piperidine rings is 1. The predicted octanol–water partition coefficient (Wildman–Crippen LogP) is 2.25. The predicted molar refractivity (Wildman–Crippen MR) is 137 cm³/mol. The Morgan fingerprint density at radius 2 is 1.71 bits per heavy atom. The molecule has 0 bridgehead atoms. The summed E-state index contributed by atoms with van der Waals surface area (Å²) in [5.74, 6) is -1.36. The molecule has 0 spiro atoms. The molecule has 0 saturated carbocycles. The van der Waals surface area contributed by atoms with Gasteiger partial charge < -0.3 is 15.3 Å². The average molecular weight is 528 g/mol. The van der Waals surface area contributed by atoms with Crippen molar-refractivity contribution in [2.75, 3.05) is 25.1 Å². The number of aliphatic carboxylic acids is 1. The number of thioether (sulfide) groups is 1. The van der Waals surface area contributed by atoms with Gasteiger partial charge in [0.15, 0.2) is 0 Å². The molecule has 9 nitrogen and oxygen atoms in total. The first-order valence-corrected chi connectivity index (χ1v) is 14.7. The highest BCUT2D eigenvalue weighted by Gasteiger charge is 2.34. The quantitative estimate of drug-likeness (QED) is 0.380. The zero-order valence-corrected chi connectivity index (χ0v) is 22.5.